The van der Waals surface area contributed by atoms with E-state index in [9.17, 15) is 34.8 Å². The molecule has 1 atom stereocenters. The summed E-state index contributed by atoms with van der Waals surface area (Å²) >= 11 is 5.50. The van der Waals surface area contributed by atoms with Crippen LogP contribution < -0.4 is 9.46 Å². The highest BCUT2D eigenvalue weighted by Gasteiger charge is 2.44. The molecule has 4 nitrogen and oxygen atoms in total. The van der Waals surface area contributed by atoms with Gasteiger partial charge in [-0.25, -0.2) is 8.42 Å². The number of halogens is 7. The van der Waals surface area contributed by atoms with Crippen LogP contribution in [-0.4, -0.2) is 27.2 Å². The van der Waals surface area contributed by atoms with E-state index in [4.69, 9.17) is 16.3 Å². The Morgan fingerprint density at radius 2 is 1.66 bits per heavy atom. The lowest BCUT2D eigenvalue weighted by Gasteiger charge is -2.26. The fraction of sp³-hybridized carbons (Fsp3) is 0.478. The van der Waals surface area contributed by atoms with E-state index in [1.165, 1.54) is 13.8 Å². The minimum Gasteiger partial charge on any atom is -0.492 e. The molecule has 0 bridgehead atoms. The third kappa shape index (κ3) is 6.83. The summed E-state index contributed by atoms with van der Waals surface area (Å²) in [4.78, 5) is -0.269. The molecule has 1 fully saturated rings. The first-order valence-electron chi connectivity index (χ1n) is 10.8. The lowest BCUT2D eigenvalue weighted by molar-refractivity contribution is -0.157. The molecule has 194 valence electrons. The second kappa shape index (κ2) is 10.2. The third-order valence-corrected chi connectivity index (χ3v) is 8.00. The molecule has 2 aromatic carbocycles. The molecule has 0 saturated heterocycles. The van der Waals surface area contributed by atoms with Crippen molar-refractivity contribution in [1.29, 1.82) is 0 Å². The summed E-state index contributed by atoms with van der Waals surface area (Å²) in [6.07, 6.45) is -5.82. The Morgan fingerprint density at radius 1 is 1.06 bits per heavy atom. The zero-order valence-corrected chi connectivity index (χ0v) is 20.4. The van der Waals surface area contributed by atoms with Gasteiger partial charge >= 0.3 is 12.4 Å². The molecule has 1 aliphatic rings. The highest BCUT2D eigenvalue weighted by molar-refractivity contribution is 7.89. The molecule has 0 heterocycles. The first-order chi connectivity index (χ1) is 16.1. The predicted molar refractivity (Wildman–Crippen MR) is 119 cm³/mol. The van der Waals surface area contributed by atoms with Crippen LogP contribution in [0.15, 0.2) is 35.2 Å². The lowest BCUT2D eigenvalue weighted by Crippen LogP contribution is -2.49. The van der Waals surface area contributed by atoms with Gasteiger partial charge < -0.3 is 4.74 Å². The van der Waals surface area contributed by atoms with Crippen LogP contribution in [0.25, 0.3) is 0 Å². The van der Waals surface area contributed by atoms with Gasteiger partial charge in [-0.1, -0.05) is 43.0 Å². The zero-order chi connectivity index (χ0) is 26.2. The summed E-state index contributed by atoms with van der Waals surface area (Å²) in [7, 11) is -4.63. The van der Waals surface area contributed by atoms with Gasteiger partial charge in [0.1, 0.15) is 12.4 Å². The molecule has 1 N–H and O–H groups in total. The lowest BCUT2D eigenvalue weighted by atomic mass is 9.80. The Bertz CT molecular complexity index is 1150. The Balaban J connectivity index is 1.81. The fourth-order valence-electron chi connectivity index (χ4n) is 4.04. The van der Waals surface area contributed by atoms with E-state index in [0.717, 1.165) is 43.4 Å². The largest absolute Gasteiger partial charge is 0.492 e. The molecule has 2 aromatic rings. The van der Waals surface area contributed by atoms with E-state index in [1.54, 1.807) is 16.9 Å². The summed E-state index contributed by atoms with van der Waals surface area (Å²) in [5.41, 5.74) is 0.249. The number of rotatable bonds is 8. The van der Waals surface area contributed by atoms with Gasteiger partial charge in [0.05, 0.1) is 15.5 Å². The van der Waals surface area contributed by atoms with Gasteiger partial charge in [-0.3, -0.25) is 0 Å². The highest BCUT2D eigenvalue weighted by atomic mass is 35.5. The molecule has 1 aliphatic carbocycles. The topological polar surface area (TPSA) is 55.4 Å². The van der Waals surface area contributed by atoms with Crippen LogP contribution in [0.2, 0.25) is 5.02 Å². The third-order valence-electron chi connectivity index (χ3n) is 5.89. The maximum Gasteiger partial charge on any atom is 0.417 e. The average Bonchev–Trinajstić information content (AvgIpc) is 2.66. The SMILES string of the molecule is Cc1cc(CC2CCC2)cc(C)c1S(=O)(=O)NC(COc1ccc(Cl)c(C(F)(F)F)c1)C(F)(F)F. The maximum atomic E-state index is 13.6. The van der Waals surface area contributed by atoms with Gasteiger partial charge in [0.25, 0.3) is 0 Å². The van der Waals surface area contributed by atoms with Gasteiger partial charge in [0, 0.05) is 0 Å². The molecule has 0 spiro atoms. The Hall–Kier alpha value is -1.98. The van der Waals surface area contributed by atoms with Crippen LogP contribution >= 0.6 is 11.6 Å². The van der Waals surface area contributed by atoms with Crippen LogP contribution in [-0.2, 0) is 22.6 Å². The summed E-state index contributed by atoms with van der Waals surface area (Å²) in [6, 6.07) is 2.88. The Morgan fingerprint density at radius 3 is 2.14 bits per heavy atom. The number of aryl methyl sites for hydroxylation is 2. The number of benzene rings is 2. The molecular formula is C23H24ClF6NO3S. The predicted octanol–water partition coefficient (Wildman–Crippen LogP) is 6.61. The molecule has 0 radical (unpaired) electrons. The van der Waals surface area contributed by atoms with Crippen molar-refractivity contribution in [2.45, 2.75) is 62.8 Å². The minimum absolute atomic E-state index is 0.269. The number of hydrogen-bond donors (Lipinski definition) is 1. The fourth-order valence-corrected chi connectivity index (χ4v) is 5.93. The van der Waals surface area contributed by atoms with E-state index in [1.807, 2.05) is 0 Å². The van der Waals surface area contributed by atoms with Crippen molar-refractivity contribution in [3.05, 3.63) is 57.6 Å². The molecule has 12 heteroatoms. The standard InChI is InChI=1S/C23H24ClF6NO3S/c1-13-8-16(10-15-4-3-5-15)9-14(2)21(13)35(32,33)31-20(23(28,29)30)12-34-17-6-7-19(24)18(11-17)22(25,26)27/h6-9,11,15,20,31H,3-5,10,12H2,1-2H3. The van der Waals surface area contributed by atoms with Crippen molar-refractivity contribution in [3.63, 3.8) is 0 Å². The van der Waals surface area contributed by atoms with Gasteiger partial charge in [-0.2, -0.15) is 31.1 Å². The summed E-state index contributed by atoms with van der Waals surface area (Å²) in [6.45, 7) is 1.74. The van der Waals surface area contributed by atoms with Crippen molar-refractivity contribution in [2.24, 2.45) is 5.92 Å². The van der Waals surface area contributed by atoms with Gasteiger partial charge in [0.2, 0.25) is 10.0 Å². The highest BCUT2D eigenvalue weighted by Crippen LogP contribution is 2.37. The summed E-state index contributed by atoms with van der Waals surface area (Å²) in [5.74, 6) is -0.0187. The van der Waals surface area contributed by atoms with Crippen LogP contribution in [0.4, 0.5) is 26.3 Å². The minimum atomic E-state index is -5.07. The van der Waals surface area contributed by atoms with Crippen molar-refractivity contribution in [1.82, 2.24) is 4.72 Å². The second-order valence-electron chi connectivity index (χ2n) is 8.73. The van der Waals surface area contributed by atoms with Crippen molar-refractivity contribution in [3.8, 4) is 5.75 Å². The molecule has 3 rings (SSSR count). The number of hydrogen-bond acceptors (Lipinski definition) is 3. The summed E-state index contributed by atoms with van der Waals surface area (Å²) < 4.78 is 112. The zero-order valence-electron chi connectivity index (χ0n) is 18.9. The maximum absolute atomic E-state index is 13.6. The van der Waals surface area contributed by atoms with Crippen molar-refractivity contribution >= 4 is 21.6 Å². The van der Waals surface area contributed by atoms with Crippen LogP contribution in [0.5, 0.6) is 5.75 Å². The first kappa shape index (κ1) is 27.6. The quantitative estimate of drug-likeness (QED) is 0.381. The van der Waals surface area contributed by atoms with E-state index in [-0.39, 0.29) is 4.90 Å². The molecular weight excluding hydrogens is 520 g/mol. The monoisotopic (exact) mass is 543 g/mol. The van der Waals surface area contributed by atoms with E-state index < -0.39 is 51.4 Å². The van der Waals surface area contributed by atoms with Crippen molar-refractivity contribution in [2.75, 3.05) is 6.61 Å². The summed E-state index contributed by atoms with van der Waals surface area (Å²) in [5, 5.41) is -0.648. The van der Waals surface area contributed by atoms with E-state index in [2.05, 4.69) is 0 Å². The first-order valence-corrected chi connectivity index (χ1v) is 12.6. The van der Waals surface area contributed by atoms with Crippen LogP contribution in [0, 0.1) is 19.8 Å². The van der Waals surface area contributed by atoms with Gasteiger partial charge in [-0.15, -0.1) is 0 Å². The molecule has 0 aliphatic heterocycles. The smallest absolute Gasteiger partial charge is 0.417 e. The van der Waals surface area contributed by atoms with E-state index >= 15 is 0 Å². The number of nitrogens with one attached hydrogen (secondary N) is 1. The molecule has 1 unspecified atom stereocenters. The number of sulfonamides is 1. The van der Waals surface area contributed by atoms with Crippen LogP contribution in [0.3, 0.4) is 0 Å². The average molecular weight is 544 g/mol. The van der Waals surface area contributed by atoms with Gasteiger partial charge in [0.15, 0.2) is 6.04 Å². The second-order valence-corrected chi connectivity index (χ2v) is 10.8. The molecule has 1 saturated carbocycles. The normalized spacial score (nSPS) is 16.1. The molecule has 35 heavy (non-hydrogen) atoms. The Labute approximate surface area is 204 Å². The van der Waals surface area contributed by atoms with Crippen molar-refractivity contribution < 1.29 is 39.5 Å². The molecule has 0 aromatic heterocycles. The number of alkyl halides is 6. The molecule has 0 amide bonds. The van der Waals surface area contributed by atoms with E-state index in [0.29, 0.717) is 23.1 Å². The van der Waals surface area contributed by atoms with Crippen LogP contribution in [0.1, 0.15) is 41.5 Å². The Kier molecular flexibility index (Phi) is 8.03. The number of ether oxygens (including phenoxy) is 1. The van der Waals surface area contributed by atoms with Gasteiger partial charge in [-0.05, 0) is 61.1 Å².